The fourth-order valence-corrected chi connectivity index (χ4v) is 5.04. The van der Waals surface area contributed by atoms with Crippen molar-refractivity contribution in [2.45, 2.75) is 57.7 Å². The highest BCUT2D eigenvalue weighted by Crippen LogP contribution is 2.27. The maximum absolute atomic E-state index is 13.7. The van der Waals surface area contributed by atoms with Crippen LogP contribution >= 0.6 is 11.3 Å². The van der Waals surface area contributed by atoms with Crippen LogP contribution in [0.15, 0.2) is 66.0 Å². The molecule has 2 aromatic carbocycles. The van der Waals surface area contributed by atoms with Gasteiger partial charge in [-0.3, -0.25) is 9.59 Å². The monoisotopic (exact) mass is 464 g/mol. The van der Waals surface area contributed by atoms with E-state index in [0.29, 0.717) is 12.1 Å². The van der Waals surface area contributed by atoms with Crippen molar-refractivity contribution >= 4 is 23.2 Å². The van der Waals surface area contributed by atoms with Gasteiger partial charge in [0.15, 0.2) is 0 Å². The Kier molecular flexibility index (Phi) is 7.55. The van der Waals surface area contributed by atoms with Crippen molar-refractivity contribution in [3.8, 4) is 0 Å². The van der Waals surface area contributed by atoms with Gasteiger partial charge in [-0.15, -0.1) is 11.3 Å². The molecular weight excluding hydrogens is 435 g/mol. The van der Waals surface area contributed by atoms with Gasteiger partial charge in [-0.25, -0.2) is 4.39 Å². The molecule has 0 unspecified atom stereocenters. The third-order valence-corrected chi connectivity index (χ3v) is 7.02. The van der Waals surface area contributed by atoms with E-state index < -0.39 is 6.04 Å². The lowest BCUT2D eigenvalue weighted by Crippen LogP contribution is -2.46. The SMILES string of the molecule is Cc1ccc(CN(C(=O)Cc2cccs2)[C@@H](C(=O)NC2CCCC2)c2ccc(F)cc2)cc1. The summed E-state index contributed by atoms with van der Waals surface area (Å²) in [5.41, 5.74) is 2.68. The molecule has 1 saturated carbocycles. The number of amides is 2. The van der Waals surface area contributed by atoms with E-state index in [-0.39, 0.29) is 30.1 Å². The first-order valence-electron chi connectivity index (χ1n) is 11.4. The van der Waals surface area contributed by atoms with Crippen molar-refractivity contribution in [3.05, 3.63) is 93.4 Å². The summed E-state index contributed by atoms with van der Waals surface area (Å²) in [7, 11) is 0. The minimum absolute atomic E-state index is 0.120. The average molecular weight is 465 g/mol. The summed E-state index contributed by atoms with van der Waals surface area (Å²) in [4.78, 5) is 29.8. The van der Waals surface area contributed by atoms with Crippen molar-refractivity contribution in [2.75, 3.05) is 0 Å². The second-order valence-electron chi connectivity index (χ2n) is 8.71. The largest absolute Gasteiger partial charge is 0.351 e. The Balaban J connectivity index is 1.69. The van der Waals surface area contributed by atoms with Gasteiger partial charge in [0.1, 0.15) is 11.9 Å². The van der Waals surface area contributed by atoms with Crippen molar-refractivity contribution < 1.29 is 14.0 Å². The van der Waals surface area contributed by atoms with E-state index >= 15 is 0 Å². The van der Waals surface area contributed by atoms with Gasteiger partial charge in [0.25, 0.3) is 0 Å². The molecule has 1 aliphatic rings. The van der Waals surface area contributed by atoms with E-state index in [1.165, 1.54) is 23.5 Å². The number of hydrogen-bond donors (Lipinski definition) is 1. The zero-order chi connectivity index (χ0) is 23.2. The molecule has 6 heteroatoms. The molecule has 4 nitrogen and oxygen atoms in total. The number of thiophene rings is 1. The van der Waals surface area contributed by atoms with Crippen molar-refractivity contribution in [2.24, 2.45) is 0 Å². The van der Waals surface area contributed by atoms with Gasteiger partial charge in [-0.05, 0) is 54.5 Å². The van der Waals surface area contributed by atoms with Crippen LogP contribution in [0, 0.1) is 12.7 Å². The first-order chi connectivity index (χ1) is 16.0. The lowest BCUT2D eigenvalue weighted by Gasteiger charge is -2.32. The Labute approximate surface area is 198 Å². The Morgan fingerprint density at radius 2 is 1.76 bits per heavy atom. The quantitative estimate of drug-likeness (QED) is 0.474. The number of aryl methyl sites for hydroxylation is 1. The molecule has 0 bridgehead atoms. The van der Waals surface area contributed by atoms with Crippen LogP contribution in [0.3, 0.4) is 0 Å². The lowest BCUT2D eigenvalue weighted by molar-refractivity contribution is -0.141. The number of nitrogens with one attached hydrogen (secondary N) is 1. The Morgan fingerprint density at radius 3 is 2.39 bits per heavy atom. The van der Waals surface area contributed by atoms with Crippen LogP contribution in [0.5, 0.6) is 0 Å². The van der Waals surface area contributed by atoms with Gasteiger partial charge >= 0.3 is 0 Å². The fourth-order valence-electron chi connectivity index (χ4n) is 4.35. The Morgan fingerprint density at radius 1 is 1.06 bits per heavy atom. The standard InChI is InChI=1S/C27H29FN2O2S/c1-19-8-10-20(11-9-19)18-30(25(31)17-24-7-4-16-33-24)26(21-12-14-22(28)15-13-21)27(32)29-23-5-2-3-6-23/h4,7-16,23,26H,2-3,5-6,17-18H2,1H3,(H,29,32)/t26-/m1/s1. The zero-order valence-electron chi connectivity index (χ0n) is 18.8. The molecule has 4 rings (SSSR count). The van der Waals surface area contributed by atoms with Crippen LogP contribution in [0.1, 0.15) is 53.3 Å². The molecule has 1 N–H and O–H groups in total. The Bertz CT molecular complexity index is 1060. The first kappa shape index (κ1) is 23.2. The average Bonchev–Trinajstić information content (AvgIpc) is 3.50. The van der Waals surface area contributed by atoms with E-state index in [1.807, 2.05) is 48.7 Å². The summed E-state index contributed by atoms with van der Waals surface area (Å²) in [5.74, 6) is -0.710. The minimum atomic E-state index is -0.833. The van der Waals surface area contributed by atoms with Crippen molar-refractivity contribution in [1.82, 2.24) is 10.2 Å². The molecule has 1 aliphatic carbocycles. The molecule has 33 heavy (non-hydrogen) atoms. The minimum Gasteiger partial charge on any atom is -0.351 e. The summed E-state index contributed by atoms with van der Waals surface area (Å²) in [6.45, 7) is 2.31. The van der Waals surface area contributed by atoms with E-state index in [0.717, 1.165) is 41.7 Å². The van der Waals surface area contributed by atoms with Gasteiger partial charge in [0.2, 0.25) is 11.8 Å². The summed E-state index contributed by atoms with van der Waals surface area (Å²) in [6.07, 6.45) is 4.30. The van der Waals surface area contributed by atoms with Gasteiger partial charge in [-0.1, -0.05) is 60.9 Å². The van der Waals surface area contributed by atoms with Crippen LogP contribution in [-0.4, -0.2) is 22.8 Å². The lowest BCUT2D eigenvalue weighted by atomic mass is 10.0. The molecule has 0 aliphatic heterocycles. The van der Waals surface area contributed by atoms with Gasteiger partial charge in [0.05, 0.1) is 6.42 Å². The van der Waals surface area contributed by atoms with Crippen LogP contribution in [0.2, 0.25) is 0 Å². The number of rotatable bonds is 8. The summed E-state index contributed by atoms with van der Waals surface area (Å²) < 4.78 is 13.7. The van der Waals surface area contributed by atoms with E-state index in [2.05, 4.69) is 5.32 Å². The zero-order valence-corrected chi connectivity index (χ0v) is 19.6. The van der Waals surface area contributed by atoms with Gasteiger partial charge < -0.3 is 10.2 Å². The highest BCUT2D eigenvalue weighted by molar-refractivity contribution is 7.10. The molecule has 1 aromatic heterocycles. The molecular formula is C27H29FN2O2S. The summed E-state index contributed by atoms with van der Waals surface area (Å²) in [5, 5.41) is 5.10. The Hall–Kier alpha value is -2.99. The summed E-state index contributed by atoms with van der Waals surface area (Å²) >= 11 is 1.52. The predicted molar refractivity (Wildman–Crippen MR) is 129 cm³/mol. The third kappa shape index (κ3) is 6.08. The molecule has 0 spiro atoms. The highest BCUT2D eigenvalue weighted by atomic mass is 32.1. The van der Waals surface area contributed by atoms with E-state index in [9.17, 15) is 14.0 Å². The predicted octanol–water partition coefficient (Wildman–Crippen LogP) is 5.57. The normalized spacial score (nSPS) is 14.7. The molecule has 1 fully saturated rings. The van der Waals surface area contributed by atoms with Gasteiger partial charge in [-0.2, -0.15) is 0 Å². The van der Waals surface area contributed by atoms with E-state index in [1.54, 1.807) is 17.0 Å². The smallest absolute Gasteiger partial charge is 0.247 e. The number of hydrogen-bond acceptors (Lipinski definition) is 3. The second-order valence-corrected chi connectivity index (χ2v) is 9.74. The topological polar surface area (TPSA) is 49.4 Å². The maximum atomic E-state index is 13.7. The number of nitrogens with zero attached hydrogens (tertiary/aromatic N) is 1. The van der Waals surface area contributed by atoms with Gasteiger partial charge in [0, 0.05) is 17.5 Å². The fraction of sp³-hybridized carbons (Fsp3) is 0.333. The van der Waals surface area contributed by atoms with Crippen molar-refractivity contribution in [1.29, 1.82) is 0 Å². The molecule has 1 heterocycles. The van der Waals surface area contributed by atoms with Crippen molar-refractivity contribution in [3.63, 3.8) is 0 Å². The van der Waals surface area contributed by atoms with Crippen LogP contribution in [0.4, 0.5) is 4.39 Å². The second kappa shape index (κ2) is 10.8. The van der Waals surface area contributed by atoms with E-state index in [4.69, 9.17) is 0 Å². The third-order valence-electron chi connectivity index (χ3n) is 6.15. The first-order valence-corrected chi connectivity index (χ1v) is 12.3. The number of carbonyl (C=O) groups excluding carboxylic acids is 2. The van der Waals surface area contributed by atoms with Crippen LogP contribution < -0.4 is 5.32 Å². The maximum Gasteiger partial charge on any atom is 0.247 e. The summed E-state index contributed by atoms with van der Waals surface area (Å²) in [6, 6.07) is 17.0. The number of carbonyl (C=O) groups is 2. The van der Waals surface area contributed by atoms with Crippen LogP contribution in [-0.2, 0) is 22.6 Å². The molecule has 172 valence electrons. The highest BCUT2D eigenvalue weighted by Gasteiger charge is 2.33. The molecule has 0 radical (unpaired) electrons. The molecule has 1 atom stereocenters. The van der Waals surface area contributed by atoms with Crippen LogP contribution in [0.25, 0.3) is 0 Å². The molecule has 2 amide bonds. The number of benzene rings is 2. The molecule has 3 aromatic rings. The number of halogens is 1. The molecule has 0 saturated heterocycles.